The van der Waals surface area contributed by atoms with Crippen molar-refractivity contribution >= 4 is 71.5 Å². The number of hydrogen-bond acceptors (Lipinski definition) is 2. The lowest BCUT2D eigenvalue weighted by molar-refractivity contribution is 0.303. The van der Waals surface area contributed by atoms with Gasteiger partial charge in [-0.1, -0.05) is 65.7 Å². The summed E-state index contributed by atoms with van der Waals surface area (Å²) in [7, 11) is 0. The summed E-state index contributed by atoms with van der Waals surface area (Å²) in [4.78, 5) is 0. The van der Waals surface area contributed by atoms with Gasteiger partial charge in [-0.2, -0.15) is 0 Å². The first kappa shape index (κ1) is 21.5. The second-order valence-corrected chi connectivity index (χ2v) is 9.35. The second kappa shape index (κ2) is 9.61. The third kappa shape index (κ3) is 4.94. The molecule has 0 aliphatic rings. The Morgan fingerprint density at radius 2 is 1.57 bits per heavy atom. The zero-order chi connectivity index (χ0) is 21.1. The molecule has 4 aromatic carbocycles. The van der Waals surface area contributed by atoms with Crippen molar-refractivity contribution in [2.45, 2.75) is 13.2 Å². The van der Waals surface area contributed by atoms with Crippen molar-refractivity contribution in [3.8, 4) is 5.75 Å². The molecule has 4 rings (SSSR count). The van der Waals surface area contributed by atoms with Gasteiger partial charge in [-0.05, 0) is 84.1 Å². The van der Waals surface area contributed by atoms with Crippen molar-refractivity contribution in [3.05, 3.63) is 103 Å². The summed E-state index contributed by atoms with van der Waals surface area (Å²) in [5.74, 6) is 0.774. The van der Waals surface area contributed by atoms with Gasteiger partial charge in [0, 0.05) is 11.6 Å². The SMILES string of the molecule is Clc1ccc(NCc2cc(Br)c(OCc3cccc4ccccc34)c(Br)c2)c(Cl)c1. The van der Waals surface area contributed by atoms with Gasteiger partial charge in [0.1, 0.15) is 12.4 Å². The molecule has 0 fully saturated rings. The van der Waals surface area contributed by atoms with Crippen molar-refractivity contribution in [3.63, 3.8) is 0 Å². The number of fused-ring (bicyclic) bond motifs is 1. The maximum absolute atomic E-state index is 6.24. The molecule has 0 spiro atoms. The number of hydrogen-bond donors (Lipinski definition) is 1. The van der Waals surface area contributed by atoms with Crippen molar-refractivity contribution in [2.24, 2.45) is 0 Å². The predicted molar refractivity (Wildman–Crippen MR) is 134 cm³/mol. The number of ether oxygens (including phenoxy) is 1. The Bertz CT molecular complexity index is 1180. The van der Waals surface area contributed by atoms with E-state index < -0.39 is 0 Å². The molecule has 0 unspecified atom stereocenters. The molecule has 0 saturated carbocycles. The molecular formula is C24H17Br2Cl2NO. The van der Waals surface area contributed by atoms with Crippen molar-refractivity contribution < 1.29 is 4.74 Å². The van der Waals surface area contributed by atoms with Gasteiger partial charge in [-0.25, -0.2) is 0 Å². The van der Waals surface area contributed by atoms with E-state index in [1.807, 2.05) is 36.4 Å². The molecule has 0 aromatic heterocycles. The molecule has 1 N–H and O–H groups in total. The molecule has 2 nitrogen and oxygen atoms in total. The monoisotopic (exact) mass is 563 g/mol. The highest BCUT2D eigenvalue weighted by Crippen LogP contribution is 2.36. The summed E-state index contributed by atoms with van der Waals surface area (Å²) in [6, 6.07) is 24.1. The minimum absolute atomic E-state index is 0.483. The van der Waals surface area contributed by atoms with Gasteiger partial charge in [0.2, 0.25) is 0 Å². The summed E-state index contributed by atoms with van der Waals surface area (Å²) in [5, 5.41) is 6.95. The fraction of sp³-hybridized carbons (Fsp3) is 0.0833. The Morgan fingerprint density at radius 3 is 2.33 bits per heavy atom. The van der Waals surface area contributed by atoms with Crippen LogP contribution in [0.2, 0.25) is 10.0 Å². The summed E-state index contributed by atoms with van der Waals surface area (Å²) in [6.07, 6.45) is 0. The lowest BCUT2D eigenvalue weighted by Crippen LogP contribution is -2.02. The van der Waals surface area contributed by atoms with Gasteiger partial charge in [0.25, 0.3) is 0 Å². The van der Waals surface area contributed by atoms with E-state index in [0.717, 1.165) is 31.5 Å². The van der Waals surface area contributed by atoms with E-state index in [2.05, 4.69) is 67.5 Å². The highest BCUT2D eigenvalue weighted by atomic mass is 79.9. The lowest BCUT2D eigenvalue weighted by atomic mass is 10.1. The molecule has 0 heterocycles. The maximum atomic E-state index is 6.24. The van der Waals surface area contributed by atoms with Gasteiger partial charge >= 0.3 is 0 Å². The van der Waals surface area contributed by atoms with Gasteiger partial charge in [0.15, 0.2) is 0 Å². The first-order valence-corrected chi connectivity index (χ1v) is 11.6. The standard InChI is InChI=1S/C24H17Br2Cl2NO/c25-20-10-15(13-29-23-9-8-18(27)12-22(23)28)11-21(26)24(20)30-14-17-6-3-5-16-4-1-2-7-19(16)17/h1-12,29H,13-14H2. The van der Waals surface area contributed by atoms with Crippen LogP contribution in [0.25, 0.3) is 10.8 Å². The molecule has 0 amide bonds. The summed E-state index contributed by atoms with van der Waals surface area (Å²) < 4.78 is 7.93. The van der Waals surface area contributed by atoms with Crippen molar-refractivity contribution in [1.82, 2.24) is 0 Å². The van der Waals surface area contributed by atoms with Gasteiger partial charge in [0.05, 0.1) is 19.7 Å². The second-order valence-electron chi connectivity index (χ2n) is 6.79. The predicted octanol–water partition coefficient (Wildman–Crippen LogP) is 8.86. The Hall–Kier alpha value is -1.72. The Morgan fingerprint density at radius 1 is 0.833 bits per heavy atom. The minimum atomic E-state index is 0.483. The molecule has 0 saturated heterocycles. The van der Waals surface area contributed by atoms with Crippen LogP contribution in [0, 0.1) is 0 Å². The molecular weight excluding hydrogens is 549 g/mol. The summed E-state index contributed by atoms with van der Waals surface area (Å²) >= 11 is 19.5. The first-order valence-electron chi connectivity index (χ1n) is 9.27. The van der Waals surface area contributed by atoms with Crippen LogP contribution in [-0.4, -0.2) is 0 Å². The van der Waals surface area contributed by atoms with E-state index >= 15 is 0 Å². The minimum Gasteiger partial charge on any atom is -0.487 e. The Kier molecular flexibility index (Phi) is 6.89. The number of halogens is 4. The molecule has 4 aromatic rings. The lowest BCUT2D eigenvalue weighted by Gasteiger charge is -2.14. The quantitative estimate of drug-likeness (QED) is 0.252. The van der Waals surface area contributed by atoms with Crippen LogP contribution >= 0.6 is 55.1 Å². The van der Waals surface area contributed by atoms with Gasteiger partial charge in [-0.15, -0.1) is 0 Å². The Balaban J connectivity index is 1.48. The van der Waals surface area contributed by atoms with Crippen LogP contribution in [0.1, 0.15) is 11.1 Å². The van der Waals surface area contributed by atoms with Crippen LogP contribution in [0.3, 0.4) is 0 Å². The third-order valence-corrected chi connectivity index (χ3v) is 6.45. The fourth-order valence-corrected chi connectivity index (χ4v) is 5.24. The molecule has 6 heteroatoms. The normalized spacial score (nSPS) is 10.9. The smallest absolute Gasteiger partial charge is 0.148 e. The first-order chi connectivity index (χ1) is 14.5. The highest BCUT2D eigenvalue weighted by molar-refractivity contribution is 9.11. The summed E-state index contributed by atoms with van der Waals surface area (Å²) in [5.41, 5.74) is 3.07. The Labute approximate surface area is 202 Å². The number of nitrogens with one attached hydrogen (secondary N) is 1. The van der Waals surface area contributed by atoms with Gasteiger partial charge < -0.3 is 10.1 Å². The van der Waals surface area contributed by atoms with E-state index in [1.54, 1.807) is 6.07 Å². The van der Waals surface area contributed by atoms with E-state index in [4.69, 9.17) is 27.9 Å². The van der Waals surface area contributed by atoms with E-state index in [9.17, 15) is 0 Å². The number of rotatable bonds is 6. The average molecular weight is 566 g/mol. The van der Waals surface area contributed by atoms with Crippen LogP contribution in [0.4, 0.5) is 5.69 Å². The molecule has 30 heavy (non-hydrogen) atoms. The summed E-state index contributed by atoms with van der Waals surface area (Å²) in [6.45, 7) is 1.10. The number of benzene rings is 4. The van der Waals surface area contributed by atoms with Gasteiger partial charge in [-0.3, -0.25) is 0 Å². The zero-order valence-electron chi connectivity index (χ0n) is 15.8. The van der Waals surface area contributed by atoms with Crippen LogP contribution in [0.15, 0.2) is 81.7 Å². The topological polar surface area (TPSA) is 21.3 Å². The van der Waals surface area contributed by atoms with Crippen molar-refractivity contribution in [1.29, 1.82) is 0 Å². The fourth-order valence-electron chi connectivity index (χ4n) is 3.25. The third-order valence-electron chi connectivity index (χ3n) is 4.72. The van der Waals surface area contributed by atoms with Crippen LogP contribution in [-0.2, 0) is 13.2 Å². The zero-order valence-corrected chi connectivity index (χ0v) is 20.4. The molecule has 0 bridgehead atoms. The van der Waals surface area contributed by atoms with E-state index in [1.165, 1.54) is 10.8 Å². The number of anilines is 1. The average Bonchev–Trinajstić information content (AvgIpc) is 2.72. The van der Waals surface area contributed by atoms with Crippen molar-refractivity contribution in [2.75, 3.05) is 5.32 Å². The highest BCUT2D eigenvalue weighted by Gasteiger charge is 2.11. The van der Waals surface area contributed by atoms with E-state index in [-0.39, 0.29) is 0 Å². The molecule has 0 atom stereocenters. The maximum Gasteiger partial charge on any atom is 0.148 e. The molecule has 0 radical (unpaired) electrons. The van der Waals surface area contributed by atoms with Crippen LogP contribution < -0.4 is 10.1 Å². The molecule has 0 aliphatic carbocycles. The largest absolute Gasteiger partial charge is 0.487 e. The molecule has 0 aliphatic heterocycles. The van der Waals surface area contributed by atoms with E-state index in [0.29, 0.717) is 23.2 Å². The molecule has 152 valence electrons. The van der Waals surface area contributed by atoms with Crippen LogP contribution in [0.5, 0.6) is 5.75 Å².